The fraction of sp³-hybridized carbons (Fsp3) is 0.778. The number of aliphatic hydroxyl groups is 3. The van der Waals surface area contributed by atoms with Crippen LogP contribution >= 0.6 is 0 Å². The largest absolute Gasteiger partial charge is 0.550 e. The van der Waals surface area contributed by atoms with Crippen LogP contribution in [0.25, 0.3) is 0 Å². The molecule has 0 aromatic heterocycles. The second kappa shape index (κ2) is 36.1. The molecule has 0 radical (unpaired) electrons. The van der Waals surface area contributed by atoms with E-state index in [2.05, 4.69) is 5.73 Å². The zero-order valence-corrected chi connectivity index (χ0v) is 10.2. The Morgan fingerprint density at radius 1 is 1.17 bits per heavy atom. The van der Waals surface area contributed by atoms with Gasteiger partial charge in [0, 0.05) is 19.1 Å². The van der Waals surface area contributed by atoms with Crippen LogP contribution in [0.5, 0.6) is 0 Å². The van der Waals surface area contributed by atoms with Gasteiger partial charge in [-0.05, 0) is 12.8 Å². The maximum absolute atomic E-state index is 9.54. The van der Waals surface area contributed by atoms with Crippen LogP contribution in [0.1, 0.15) is 12.8 Å². The minimum Gasteiger partial charge on any atom is -0.550 e. The number of carboxylic acid groups (broad SMARTS) is 1. The Bertz CT molecular complexity index is 164. The summed E-state index contributed by atoms with van der Waals surface area (Å²) < 4.78 is 0. The fourth-order valence-electron chi connectivity index (χ4n) is 0.223. The molecule has 0 atom stereocenters. The first-order chi connectivity index (χ1) is 8.51. The average Bonchev–Trinajstić information content (AvgIpc) is 2.37. The summed E-state index contributed by atoms with van der Waals surface area (Å²) in [4.78, 5) is 25.8. The third kappa shape index (κ3) is 126. The lowest BCUT2D eigenvalue weighted by Crippen LogP contribution is -2.51. The Hall–Kier alpha value is -1.35. The van der Waals surface area contributed by atoms with Gasteiger partial charge in [0.2, 0.25) is 0 Å². The number of hydrogen-bond acceptors (Lipinski definition) is 8. The summed E-state index contributed by atoms with van der Waals surface area (Å²) in [7, 11) is 0. The second-order valence-corrected chi connectivity index (χ2v) is 2.37. The van der Waals surface area contributed by atoms with E-state index in [0.29, 0.717) is 19.5 Å². The normalized spacial score (nSPS) is 7.17. The van der Waals surface area contributed by atoms with E-state index in [4.69, 9.17) is 30.6 Å². The Morgan fingerprint density at radius 3 is 1.56 bits per heavy atom. The molecule has 0 aromatic rings. The number of quaternary nitrogens is 1. The summed E-state index contributed by atoms with van der Waals surface area (Å²) in [5, 5.41) is 33.1. The molecule has 8 N–H and O–H groups in total. The number of rotatable bonds is 5. The third-order valence-corrected chi connectivity index (χ3v) is 0.826. The quantitative estimate of drug-likeness (QED) is 0.328. The van der Waals surface area contributed by atoms with E-state index in [1.54, 1.807) is 0 Å². The number of carbonyl (C=O) groups is 1. The number of carboxylic acids is 1. The zero-order valence-electron chi connectivity index (χ0n) is 10.2. The van der Waals surface area contributed by atoms with Crippen molar-refractivity contribution in [1.29, 1.82) is 0 Å². The predicted octanol–water partition coefficient (Wildman–Crippen LogP) is -4.92. The predicted molar refractivity (Wildman–Crippen MR) is 57.3 cm³/mol. The molecule has 0 spiro atoms. The van der Waals surface area contributed by atoms with Crippen LogP contribution in [0.4, 0.5) is 0 Å². The van der Waals surface area contributed by atoms with Crippen LogP contribution in [0.3, 0.4) is 0 Å². The molecule has 0 aliphatic heterocycles. The minimum atomic E-state index is -1.10. The van der Waals surface area contributed by atoms with Crippen LogP contribution in [0.15, 0.2) is 0 Å². The molecule has 9 nitrogen and oxygen atoms in total. The number of nitrogens with two attached hydrogens (primary N) is 1. The zero-order chi connectivity index (χ0) is 15.2. The van der Waals surface area contributed by atoms with Gasteiger partial charge in [0.1, 0.15) is 0 Å². The molecule has 0 aliphatic rings. The van der Waals surface area contributed by atoms with Crippen LogP contribution in [0.2, 0.25) is 0 Å². The maximum atomic E-state index is 9.54. The molecule has 0 bridgehead atoms. The van der Waals surface area contributed by atoms with Crippen LogP contribution in [-0.2, 0) is 14.4 Å². The van der Waals surface area contributed by atoms with E-state index in [0.717, 1.165) is 0 Å². The molecule has 0 unspecified atom stereocenters. The molecule has 0 rings (SSSR count). The molecule has 0 saturated carbocycles. The van der Waals surface area contributed by atoms with E-state index in [1.165, 1.54) is 0 Å². The molecule has 0 aromatic carbocycles. The van der Waals surface area contributed by atoms with Crippen molar-refractivity contribution in [2.75, 3.05) is 32.9 Å². The van der Waals surface area contributed by atoms with Crippen molar-refractivity contribution in [2.24, 2.45) is 5.73 Å². The van der Waals surface area contributed by atoms with Crippen molar-refractivity contribution >= 4 is 12.1 Å². The van der Waals surface area contributed by atoms with Gasteiger partial charge < -0.3 is 36.7 Å². The summed E-state index contributed by atoms with van der Waals surface area (Å²) in [6.45, 7) is 1.23. The van der Waals surface area contributed by atoms with Crippen LogP contribution in [0, 0.1) is 0 Å². The first-order valence-corrected chi connectivity index (χ1v) is 5.03. The van der Waals surface area contributed by atoms with Crippen molar-refractivity contribution in [2.45, 2.75) is 12.8 Å². The van der Waals surface area contributed by atoms with Gasteiger partial charge in [0.15, 0.2) is 0 Å². The van der Waals surface area contributed by atoms with Gasteiger partial charge in [0.05, 0.1) is 19.8 Å². The molecule has 0 saturated heterocycles. The van der Waals surface area contributed by atoms with Crippen LogP contribution < -0.4 is 16.6 Å². The lowest BCUT2D eigenvalue weighted by atomic mass is 10.3. The van der Waals surface area contributed by atoms with Gasteiger partial charge in [0.25, 0.3) is 0 Å². The topological polar surface area (TPSA) is 189 Å². The Labute approximate surface area is 105 Å². The molecule has 110 valence electrons. The standard InChI is InChI=1S/C4H8O3.2C2H7NO.CO2/c5-3-1-2-4(6)7;2*3-1-2-4;2-1-3/h5H,1-3H2,(H,6,7);2*4H,1-3H2;. The van der Waals surface area contributed by atoms with Gasteiger partial charge in [-0.2, -0.15) is 9.59 Å². The first-order valence-electron chi connectivity index (χ1n) is 5.03. The number of aliphatic hydroxyl groups excluding tert-OH is 3. The summed E-state index contributed by atoms with van der Waals surface area (Å²) in [5.41, 5.74) is 8.13. The Morgan fingerprint density at radius 2 is 1.50 bits per heavy atom. The lowest BCUT2D eigenvalue weighted by Gasteiger charge is -1.95. The highest BCUT2D eigenvalue weighted by atomic mass is 16.4. The fourth-order valence-corrected chi connectivity index (χ4v) is 0.223. The molecule has 18 heavy (non-hydrogen) atoms. The van der Waals surface area contributed by atoms with E-state index >= 15 is 0 Å². The first kappa shape index (κ1) is 25.5. The highest BCUT2D eigenvalue weighted by molar-refractivity contribution is 5.64. The summed E-state index contributed by atoms with van der Waals surface area (Å²) >= 11 is 0. The molecular weight excluding hydrogens is 248 g/mol. The van der Waals surface area contributed by atoms with Crippen molar-refractivity contribution in [1.82, 2.24) is 0 Å². The molecule has 0 aliphatic carbocycles. The smallest absolute Gasteiger partial charge is 0.373 e. The molecule has 0 heterocycles. The second-order valence-electron chi connectivity index (χ2n) is 2.37. The molecule has 9 heteroatoms. The molecule has 0 fully saturated rings. The monoisotopic (exact) mass is 270 g/mol. The molecular formula is C9H22N2O7. The lowest BCUT2D eigenvalue weighted by molar-refractivity contribution is -0.372. The Kier molecular flexibility index (Phi) is 51.1. The van der Waals surface area contributed by atoms with Crippen molar-refractivity contribution in [3.05, 3.63) is 0 Å². The summed E-state index contributed by atoms with van der Waals surface area (Å²) in [5.74, 6) is -1.10. The van der Waals surface area contributed by atoms with Gasteiger partial charge in [-0.25, -0.2) is 0 Å². The van der Waals surface area contributed by atoms with Gasteiger partial charge >= 0.3 is 6.15 Å². The van der Waals surface area contributed by atoms with Crippen molar-refractivity contribution < 1.29 is 40.5 Å². The van der Waals surface area contributed by atoms with Crippen molar-refractivity contribution in [3.8, 4) is 0 Å². The highest BCUT2D eigenvalue weighted by Crippen LogP contribution is 1.81. The summed E-state index contributed by atoms with van der Waals surface area (Å²) in [6, 6.07) is 0. The maximum Gasteiger partial charge on any atom is 0.373 e. The number of hydrogen-bond donors (Lipinski definition) is 5. The highest BCUT2D eigenvalue weighted by Gasteiger charge is 1.81. The SMILES string of the molecule is NCCO.O=C([O-])CCCO.O=C=O.[NH3+]CCO. The third-order valence-electron chi connectivity index (χ3n) is 0.826. The van der Waals surface area contributed by atoms with E-state index in [1.807, 2.05) is 0 Å². The average molecular weight is 270 g/mol. The van der Waals surface area contributed by atoms with E-state index in [9.17, 15) is 9.90 Å². The van der Waals surface area contributed by atoms with E-state index in [-0.39, 0.29) is 32.4 Å². The van der Waals surface area contributed by atoms with E-state index < -0.39 is 5.97 Å². The Balaban J connectivity index is -0.0000000775. The number of carbonyl (C=O) groups excluding carboxylic acids is 3. The van der Waals surface area contributed by atoms with Gasteiger partial charge in [-0.3, -0.25) is 0 Å². The minimum absolute atomic E-state index is 0.0451. The van der Waals surface area contributed by atoms with Gasteiger partial charge in [-0.1, -0.05) is 0 Å². The van der Waals surface area contributed by atoms with Crippen LogP contribution in [-0.4, -0.2) is 60.4 Å². The molecule has 0 amide bonds. The van der Waals surface area contributed by atoms with Crippen molar-refractivity contribution in [3.63, 3.8) is 0 Å². The van der Waals surface area contributed by atoms with Gasteiger partial charge in [-0.15, -0.1) is 0 Å². The number of aliphatic carboxylic acids is 1. The summed E-state index contributed by atoms with van der Waals surface area (Å²) in [6.07, 6.45) is 0.499.